The third kappa shape index (κ3) is 6.29. The maximum absolute atomic E-state index is 11.5. The van der Waals surface area contributed by atoms with E-state index < -0.39 is 0 Å². The zero-order valence-electron chi connectivity index (χ0n) is 10.6. The number of carbonyl (C=O) groups is 1. The van der Waals surface area contributed by atoms with Crippen molar-refractivity contribution in [3.8, 4) is 0 Å². The first-order valence-corrected chi connectivity index (χ1v) is 5.65. The number of benzene rings is 1. The van der Waals surface area contributed by atoms with Crippen LogP contribution in [0.2, 0.25) is 0 Å². The Bertz CT molecular complexity index is 336. The summed E-state index contributed by atoms with van der Waals surface area (Å²) in [6, 6.07) is 7.90. The predicted octanol–water partition coefficient (Wildman–Crippen LogP) is 2.81. The first-order chi connectivity index (χ1) is 7.61. The Hall–Kier alpha value is -1.06. The van der Waals surface area contributed by atoms with Crippen molar-refractivity contribution in [1.29, 1.82) is 0 Å². The van der Waals surface area contributed by atoms with Crippen molar-refractivity contribution in [1.82, 2.24) is 5.32 Å². The number of rotatable bonds is 5. The Morgan fingerprint density at radius 2 is 1.82 bits per heavy atom. The highest BCUT2D eigenvalue weighted by Gasteiger charge is 2.04. The summed E-state index contributed by atoms with van der Waals surface area (Å²) in [6.07, 6.45) is 0.568. The number of halogens is 1. The molecule has 17 heavy (non-hydrogen) atoms. The van der Waals surface area contributed by atoms with E-state index in [0.717, 1.165) is 12.2 Å². The molecule has 1 rings (SSSR count). The molecule has 0 radical (unpaired) electrons. The van der Waals surface area contributed by atoms with E-state index >= 15 is 0 Å². The minimum absolute atomic E-state index is 0. The number of hydrogen-bond donors (Lipinski definition) is 2. The van der Waals surface area contributed by atoms with Gasteiger partial charge in [-0.1, -0.05) is 26.0 Å². The Labute approximate surface area is 109 Å². The maximum Gasteiger partial charge on any atom is 0.224 e. The number of anilines is 1. The van der Waals surface area contributed by atoms with Gasteiger partial charge in [-0.15, -0.1) is 12.4 Å². The van der Waals surface area contributed by atoms with Crippen LogP contribution in [0.25, 0.3) is 0 Å². The van der Waals surface area contributed by atoms with Crippen LogP contribution in [0.3, 0.4) is 0 Å². The summed E-state index contributed by atoms with van der Waals surface area (Å²) in [4.78, 5) is 11.5. The van der Waals surface area contributed by atoms with Gasteiger partial charge in [0.2, 0.25) is 5.91 Å². The second kappa shape index (κ2) is 8.09. The molecule has 1 aromatic rings. The molecule has 0 fully saturated rings. The zero-order chi connectivity index (χ0) is 12.0. The van der Waals surface area contributed by atoms with Crippen LogP contribution in [0.15, 0.2) is 24.3 Å². The largest absolute Gasteiger partial charge is 0.326 e. The van der Waals surface area contributed by atoms with E-state index in [1.807, 2.05) is 45.2 Å². The van der Waals surface area contributed by atoms with Gasteiger partial charge in [0.15, 0.2) is 0 Å². The third-order valence-corrected chi connectivity index (χ3v) is 2.21. The van der Waals surface area contributed by atoms with Gasteiger partial charge in [-0.3, -0.25) is 4.79 Å². The highest BCUT2D eigenvalue weighted by Crippen LogP contribution is 2.11. The van der Waals surface area contributed by atoms with Gasteiger partial charge in [0.05, 0.1) is 0 Å². The van der Waals surface area contributed by atoms with E-state index in [4.69, 9.17) is 0 Å². The molecular formula is C13H21ClN2O. The SMILES string of the molecule is CNCc1ccc(NC(=O)CC(C)C)cc1.Cl. The number of hydrogen-bond acceptors (Lipinski definition) is 2. The molecule has 0 heterocycles. The molecule has 2 N–H and O–H groups in total. The van der Waals surface area contributed by atoms with Crippen molar-refractivity contribution in [2.45, 2.75) is 26.8 Å². The Morgan fingerprint density at radius 1 is 1.24 bits per heavy atom. The fourth-order valence-corrected chi connectivity index (χ4v) is 1.49. The lowest BCUT2D eigenvalue weighted by Gasteiger charge is -2.07. The number of nitrogens with one attached hydrogen (secondary N) is 2. The highest BCUT2D eigenvalue weighted by atomic mass is 35.5. The summed E-state index contributed by atoms with van der Waals surface area (Å²) >= 11 is 0. The van der Waals surface area contributed by atoms with Crippen LogP contribution in [0.1, 0.15) is 25.8 Å². The molecule has 0 aliphatic carbocycles. The first kappa shape index (κ1) is 15.9. The van der Waals surface area contributed by atoms with Crippen molar-refractivity contribution in [2.75, 3.05) is 12.4 Å². The van der Waals surface area contributed by atoms with Crippen LogP contribution >= 0.6 is 12.4 Å². The lowest BCUT2D eigenvalue weighted by molar-refractivity contribution is -0.116. The average Bonchev–Trinajstić information content (AvgIpc) is 2.20. The van der Waals surface area contributed by atoms with E-state index in [9.17, 15) is 4.79 Å². The van der Waals surface area contributed by atoms with Crippen molar-refractivity contribution < 1.29 is 4.79 Å². The van der Waals surface area contributed by atoms with Gasteiger partial charge in [-0.05, 0) is 30.7 Å². The Balaban J connectivity index is 0.00000256. The Morgan fingerprint density at radius 3 is 2.29 bits per heavy atom. The lowest BCUT2D eigenvalue weighted by atomic mass is 10.1. The topological polar surface area (TPSA) is 41.1 Å². The molecular weight excluding hydrogens is 236 g/mol. The molecule has 0 aliphatic rings. The molecule has 0 spiro atoms. The van der Waals surface area contributed by atoms with Crippen molar-refractivity contribution in [2.24, 2.45) is 5.92 Å². The summed E-state index contributed by atoms with van der Waals surface area (Å²) in [5, 5.41) is 5.97. The molecule has 0 saturated carbocycles. The Kier molecular flexibility index (Phi) is 7.59. The van der Waals surface area contributed by atoms with Gasteiger partial charge in [0, 0.05) is 18.7 Å². The van der Waals surface area contributed by atoms with E-state index in [1.54, 1.807) is 0 Å². The molecule has 1 amide bonds. The van der Waals surface area contributed by atoms with Crippen LogP contribution in [-0.2, 0) is 11.3 Å². The van der Waals surface area contributed by atoms with E-state index in [1.165, 1.54) is 5.56 Å². The van der Waals surface area contributed by atoms with Crippen LogP contribution < -0.4 is 10.6 Å². The van der Waals surface area contributed by atoms with Gasteiger partial charge in [-0.25, -0.2) is 0 Å². The monoisotopic (exact) mass is 256 g/mol. The second-order valence-electron chi connectivity index (χ2n) is 4.37. The van der Waals surface area contributed by atoms with E-state index in [2.05, 4.69) is 10.6 Å². The van der Waals surface area contributed by atoms with Gasteiger partial charge < -0.3 is 10.6 Å². The molecule has 96 valence electrons. The molecule has 0 unspecified atom stereocenters. The van der Waals surface area contributed by atoms with Gasteiger partial charge in [0.25, 0.3) is 0 Å². The third-order valence-electron chi connectivity index (χ3n) is 2.21. The molecule has 0 aliphatic heterocycles. The predicted molar refractivity (Wildman–Crippen MR) is 74.5 cm³/mol. The molecule has 0 bridgehead atoms. The summed E-state index contributed by atoms with van der Waals surface area (Å²) in [5.74, 6) is 0.472. The number of amides is 1. The molecule has 4 heteroatoms. The highest BCUT2D eigenvalue weighted by molar-refractivity contribution is 5.90. The summed E-state index contributed by atoms with van der Waals surface area (Å²) in [6.45, 7) is 4.92. The smallest absolute Gasteiger partial charge is 0.224 e. The molecule has 0 aromatic heterocycles. The normalized spacial score (nSPS) is 9.88. The van der Waals surface area contributed by atoms with Crippen molar-refractivity contribution in [3.63, 3.8) is 0 Å². The summed E-state index contributed by atoms with van der Waals surface area (Å²) in [5.41, 5.74) is 2.08. The molecule has 0 atom stereocenters. The molecule has 0 saturated heterocycles. The van der Waals surface area contributed by atoms with Crippen molar-refractivity contribution in [3.05, 3.63) is 29.8 Å². The van der Waals surface area contributed by atoms with Gasteiger partial charge >= 0.3 is 0 Å². The zero-order valence-corrected chi connectivity index (χ0v) is 11.4. The summed E-state index contributed by atoms with van der Waals surface area (Å²) < 4.78 is 0. The number of carbonyl (C=O) groups excluding carboxylic acids is 1. The second-order valence-corrected chi connectivity index (χ2v) is 4.37. The van der Waals surface area contributed by atoms with Crippen molar-refractivity contribution >= 4 is 24.0 Å². The van der Waals surface area contributed by atoms with E-state index in [0.29, 0.717) is 12.3 Å². The first-order valence-electron chi connectivity index (χ1n) is 5.65. The fraction of sp³-hybridized carbons (Fsp3) is 0.462. The van der Waals surface area contributed by atoms with Gasteiger partial charge in [0.1, 0.15) is 0 Å². The van der Waals surface area contributed by atoms with Gasteiger partial charge in [-0.2, -0.15) is 0 Å². The minimum Gasteiger partial charge on any atom is -0.326 e. The quantitative estimate of drug-likeness (QED) is 0.851. The minimum atomic E-state index is 0. The van der Waals surface area contributed by atoms with Crippen LogP contribution in [-0.4, -0.2) is 13.0 Å². The van der Waals surface area contributed by atoms with Crippen LogP contribution in [0, 0.1) is 5.92 Å². The fourth-order valence-electron chi connectivity index (χ4n) is 1.49. The molecule has 3 nitrogen and oxygen atoms in total. The lowest BCUT2D eigenvalue weighted by Crippen LogP contribution is -2.13. The van der Waals surface area contributed by atoms with Crippen LogP contribution in [0.5, 0.6) is 0 Å². The van der Waals surface area contributed by atoms with Crippen LogP contribution in [0.4, 0.5) is 5.69 Å². The summed E-state index contributed by atoms with van der Waals surface area (Å²) in [7, 11) is 1.92. The molecule has 1 aromatic carbocycles. The standard InChI is InChI=1S/C13H20N2O.ClH/c1-10(2)8-13(16)15-12-6-4-11(5-7-12)9-14-3;/h4-7,10,14H,8-9H2,1-3H3,(H,15,16);1H. The van der Waals surface area contributed by atoms with E-state index in [-0.39, 0.29) is 18.3 Å². The average molecular weight is 257 g/mol. The maximum atomic E-state index is 11.5.